The number of pyridine rings is 1. The summed E-state index contributed by atoms with van der Waals surface area (Å²) in [7, 11) is 0. The first-order valence-corrected chi connectivity index (χ1v) is 6.33. The lowest BCUT2D eigenvalue weighted by atomic mass is 10.0. The fourth-order valence-corrected chi connectivity index (χ4v) is 2.46. The van der Waals surface area contributed by atoms with Gasteiger partial charge in [-0.1, -0.05) is 11.1 Å². The van der Waals surface area contributed by atoms with E-state index in [4.69, 9.17) is 0 Å². The maximum atomic E-state index is 13.0. The normalized spacial score (nSPS) is 19.1. The van der Waals surface area contributed by atoms with E-state index >= 15 is 0 Å². The van der Waals surface area contributed by atoms with Crippen molar-refractivity contribution in [1.82, 2.24) is 9.88 Å². The Bertz CT molecular complexity index is 508. The molecule has 2 heterocycles. The van der Waals surface area contributed by atoms with Crippen LogP contribution in [0.3, 0.4) is 0 Å². The van der Waals surface area contributed by atoms with Crippen LogP contribution in [0.4, 0.5) is 4.39 Å². The number of likely N-dealkylation sites (tertiary alicyclic amines) is 1. The molecule has 1 amide bonds. The van der Waals surface area contributed by atoms with E-state index in [0.717, 1.165) is 32.1 Å². The molecule has 1 aliphatic carbocycles. The second kappa shape index (κ2) is 4.52. The van der Waals surface area contributed by atoms with Gasteiger partial charge in [0, 0.05) is 19.3 Å². The van der Waals surface area contributed by atoms with E-state index in [1.165, 1.54) is 30.7 Å². The Kier molecular flexibility index (Phi) is 2.86. The van der Waals surface area contributed by atoms with Gasteiger partial charge < -0.3 is 4.90 Å². The van der Waals surface area contributed by atoms with Gasteiger partial charge in [-0.15, -0.1) is 0 Å². The molecule has 0 atom stereocenters. The molecule has 1 aliphatic heterocycles. The Morgan fingerprint density at radius 2 is 1.78 bits per heavy atom. The van der Waals surface area contributed by atoms with Crippen LogP contribution in [0.5, 0.6) is 0 Å². The van der Waals surface area contributed by atoms with Crippen molar-refractivity contribution < 1.29 is 9.18 Å². The lowest BCUT2D eigenvalue weighted by Crippen LogP contribution is -2.36. The van der Waals surface area contributed by atoms with Gasteiger partial charge in [-0.25, -0.2) is 4.39 Å². The number of piperidine rings is 1. The van der Waals surface area contributed by atoms with E-state index in [-0.39, 0.29) is 5.91 Å². The third-order valence-corrected chi connectivity index (χ3v) is 3.61. The van der Waals surface area contributed by atoms with Crippen LogP contribution in [0.25, 0.3) is 0 Å². The van der Waals surface area contributed by atoms with E-state index < -0.39 is 5.82 Å². The first-order chi connectivity index (χ1) is 8.74. The molecule has 1 saturated carbocycles. The molecule has 18 heavy (non-hydrogen) atoms. The minimum Gasteiger partial charge on any atom is -0.338 e. The number of amides is 1. The maximum absolute atomic E-state index is 13.0. The van der Waals surface area contributed by atoms with Gasteiger partial charge in [0.15, 0.2) is 0 Å². The summed E-state index contributed by atoms with van der Waals surface area (Å²) in [6, 6.07) is 1.25. The first kappa shape index (κ1) is 11.4. The van der Waals surface area contributed by atoms with Crippen LogP contribution in [0.1, 0.15) is 36.0 Å². The molecule has 94 valence electrons. The third-order valence-electron chi connectivity index (χ3n) is 3.61. The fourth-order valence-electron chi connectivity index (χ4n) is 2.46. The molecule has 1 saturated heterocycles. The van der Waals surface area contributed by atoms with Crippen LogP contribution < -0.4 is 0 Å². The monoisotopic (exact) mass is 246 g/mol. The van der Waals surface area contributed by atoms with Gasteiger partial charge in [0.25, 0.3) is 5.91 Å². The molecule has 3 rings (SSSR count). The number of hydrogen-bond acceptors (Lipinski definition) is 2. The van der Waals surface area contributed by atoms with Crippen molar-refractivity contribution in [1.29, 1.82) is 0 Å². The molecule has 0 unspecified atom stereocenters. The van der Waals surface area contributed by atoms with Gasteiger partial charge in [-0.2, -0.15) is 0 Å². The second-order valence-corrected chi connectivity index (χ2v) is 4.89. The number of hydrogen-bond donors (Lipinski definition) is 0. The van der Waals surface area contributed by atoms with Crippen LogP contribution in [0.2, 0.25) is 0 Å². The van der Waals surface area contributed by atoms with Crippen molar-refractivity contribution in [2.24, 2.45) is 0 Å². The molecule has 0 radical (unpaired) electrons. The smallest absolute Gasteiger partial charge is 0.255 e. The lowest BCUT2D eigenvalue weighted by molar-refractivity contribution is 0.0742. The van der Waals surface area contributed by atoms with Crippen molar-refractivity contribution in [3.05, 3.63) is 41.0 Å². The minimum atomic E-state index is -0.460. The number of nitrogens with zero attached hydrogens (tertiary/aromatic N) is 2. The molecule has 4 heteroatoms. The molecule has 2 fully saturated rings. The van der Waals surface area contributed by atoms with Crippen molar-refractivity contribution in [3.8, 4) is 0 Å². The van der Waals surface area contributed by atoms with Gasteiger partial charge in [0.2, 0.25) is 0 Å². The van der Waals surface area contributed by atoms with Crippen molar-refractivity contribution in [2.75, 3.05) is 13.1 Å². The predicted octanol–water partition coefficient (Wildman–Crippen LogP) is 2.55. The third kappa shape index (κ3) is 2.28. The highest BCUT2D eigenvalue weighted by Gasteiger charge is 2.25. The number of carbonyl (C=O) groups is 1. The average Bonchev–Trinajstić information content (AvgIpc) is 3.22. The Hall–Kier alpha value is -1.71. The van der Waals surface area contributed by atoms with Crippen LogP contribution in [-0.4, -0.2) is 28.9 Å². The van der Waals surface area contributed by atoms with Crippen LogP contribution >= 0.6 is 0 Å². The van der Waals surface area contributed by atoms with Crippen molar-refractivity contribution >= 4 is 5.91 Å². The summed E-state index contributed by atoms with van der Waals surface area (Å²) in [5.74, 6) is -0.569. The summed E-state index contributed by atoms with van der Waals surface area (Å²) in [5.41, 5.74) is 3.48. The minimum absolute atomic E-state index is 0.109. The Morgan fingerprint density at radius 3 is 2.39 bits per heavy atom. The lowest BCUT2D eigenvalue weighted by Gasteiger charge is -2.28. The van der Waals surface area contributed by atoms with Gasteiger partial charge >= 0.3 is 0 Å². The summed E-state index contributed by atoms with van der Waals surface area (Å²) in [6.45, 7) is 1.49. The van der Waals surface area contributed by atoms with Crippen LogP contribution in [0.15, 0.2) is 29.6 Å². The van der Waals surface area contributed by atoms with E-state index in [2.05, 4.69) is 4.98 Å². The highest BCUT2D eigenvalue weighted by Crippen LogP contribution is 2.36. The Morgan fingerprint density at radius 1 is 1.11 bits per heavy atom. The standard InChI is InChI=1S/C14H15FN2O/c15-13-7-12(8-16-9-13)14(18)17-5-3-11(4-6-17)10-1-2-10/h7-9H,1-6H2. The molecule has 0 spiro atoms. The van der Waals surface area contributed by atoms with E-state index in [9.17, 15) is 9.18 Å². The average molecular weight is 246 g/mol. The quantitative estimate of drug-likeness (QED) is 0.713. The molecule has 1 aromatic rings. The maximum Gasteiger partial charge on any atom is 0.255 e. The molecular weight excluding hydrogens is 231 g/mol. The summed E-state index contributed by atoms with van der Waals surface area (Å²) >= 11 is 0. The number of halogens is 1. The van der Waals surface area contributed by atoms with E-state index in [1.54, 1.807) is 10.5 Å². The molecule has 3 nitrogen and oxygen atoms in total. The molecular formula is C14H15FN2O. The summed E-state index contributed by atoms with van der Waals surface area (Å²) in [6.07, 6.45) is 6.99. The summed E-state index contributed by atoms with van der Waals surface area (Å²) < 4.78 is 13.0. The number of rotatable bonds is 1. The van der Waals surface area contributed by atoms with Crippen molar-refractivity contribution in [2.45, 2.75) is 25.7 Å². The van der Waals surface area contributed by atoms with Gasteiger partial charge in [0.05, 0.1) is 11.8 Å². The van der Waals surface area contributed by atoms with Gasteiger partial charge in [-0.05, 0) is 31.7 Å². The zero-order valence-electron chi connectivity index (χ0n) is 10.2. The zero-order valence-corrected chi connectivity index (χ0v) is 10.2. The topological polar surface area (TPSA) is 33.2 Å². The SMILES string of the molecule is O=C(c1cncc(F)c1)N1CCC(=C2CC2)CC1. The highest BCUT2D eigenvalue weighted by atomic mass is 19.1. The first-order valence-electron chi connectivity index (χ1n) is 6.33. The molecule has 2 aliphatic rings. The van der Waals surface area contributed by atoms with Gasteiger partial charge in [0.1, 0.15) is 5.82 Å². The Labute approximate surface area is 105 Å². The predicted molar refractivity (Wildman–Crippen MR) is 65.6 cm³/mol. The molecule has 1 aromatic heterocycles. The fraction of sp³-hybridized carbons (Fsp3) is 0.429. The van der Waals surface area contributed by atoms with E-state index in [1.807, 2.05) is 0 Å². The molecule has 0 aromatic carbocycles. The molecule has 0 N–H and O–H groups in total. The number of aromatic nitrogens is 1. The summed E-state index contributed by atoms with van der Waals surface area (Å²) in [5, 5.41) is 0. The van der Waals surface area contributed by atoms with E-state index in [0.29, 0.717) is 5.56 Å². The summed E-state index contributed by atoms with van der Waals surface area (Å²) in [4.78, 5) is 17.7. The highest BCUT2D eigenvalue weighted by molar-refractivity contribution is 5.94. The van der Waals surface area contributed by atoms with Crippen LogP contribution in [0, 0.1) is 5.82 Å². The van der Waals surface area contributed by atoms with Crippen molar-refractivity contribution in [3.63, 3.8) is 0 Å². The number of carbonyl (C=O) groups excluding carboxylic acids is 1. The van der Waals surface area contributed by atoms with Crippen LogP contribution in [-0.2, 0) is 0 Å². The van der Waals surface area contributed by atoms with Gasteiger partial charge in [-0.3, -0.25) is 9.78 Å². The second-order valence-electron chi connectivity index (χ2n) is 4.89. The number of allylic oxidation sites excluding steroid dienone is 1. The Balaban J connectivity index is 1.69. The molecule has 0 bridgehead atoms. The largest absolute Gasteiger partial charge is 0.338 e. The zero-order chi connectivity index (χ0) is 12.5.